The number of anilines is 1. The molecule has 0 fully saturated rings. The lowest BCUT2D eigenvalue weighted by atomic mass is 9.94. The van der Waals surface area contributed by atoms with Gasteiger partial charge in [0.05, 0.1) is 29.9 Å². The number of carboxylic acids is 1. The van der Waals surface area contributed by atoms with Crippen LogP contribution in [0, 0.1) is 11.6 Å². The summed E-state index contributed by atoms with van der Waals surface area (Å²) >= 11 is 0. The summed E-state index contributed by atoms with van der Waals surface area (Å²) in [7, 11) is 0. The molecule has 0 aromatic heterocycles. The monoisotopic (exact) mass is 415 g/mol. The van der Waals surface area contributed by atoms with Gasteiger partial charge in [-0.1, -0.05) is 18.2 Å². The SMILES string of the molecule is CCOC(=O)C1=C(C)N(c2cccc(C(=O)[O-])c2)C(=O)N[C@H]1c1ccc(F)c(F)c1. The highest BCUT2D eigenvalue weighted by Crippen LogP contribution is 2.34. The van der Waals surface area contributed by atoms with Gasteiger partial charge in [-0.25, -0.2) is 18.4 Å². The molecule has 0 radical (unpaired) electrons. The zero-order valence-electron chi connectivity index (χ0n) is 16.1. The number of hydrogen-bond donors (Lipinski definition) is 1. The Morgan fingerprint density at radius 3 is 2.53 bits per heavy atom. The Labute approximate surface area is 170 Å². The fourth-order valence-corrected chi connectivity index (χ4v) is 3.24. The topological polar surface area (TPSA) is 98.8 Å². The first-order valence-electron chi connectivity index (χ1n) is 8.99. The molecule has 0 unspecified atom stereocenters. The molecule has 1 heterocycles. The van der Waals surface area contributed by atoms with Gasteiger partial charge in [-0.15, -0.1) is 0 Å². The van der Waals surface area contributed by atoms with Crippen LogP contribution in [0.1, 0.15) is 35.8 Å². The predicted molar refractivity (Wildman–Crippen MR) is 100 cm³/mol. The standard InChI is InChI=1S/C21H18F2N2O5/c1-3-30-20(28)17-11(2)25(14-6-4-5-13(9-14)19(26)27)21(29)24-18(17)12-7-8-15(22)16(23)10-12/h4-10,18H,3H2,1-2H3,(H,24,29)(H,26,27)/p-1/t18-/m0/s1. The van der Waals surface area contributed by atoms with Gasteiger partial charge in [0, 0.05) is 5.70 Å². The largest absolute Gasteiger partial charge is 0.545 e. The Balaban J connectivity index is 2.15. The van der Waals surface area contributed by atoms with Gasteiger partial charge < -0.3 is 20.0 Å². The van der Waals surface area contributed by atoms with Gasteiger partial charge in [-0.2, -0.15) is 0 Å². The average Bonchev–Trinajstić information content (AvgIpc) is 2.70. The summed E-state index contributed by atoms with van der Waals surface area (Å²) in [5, 5.41) is 13.7. The van der Waals surface area contributed by atoms with E-state index in [4.69, 9.17) is 4.74 Å². The van der Waals surface area contributed by atoms with E-state index in [2.05, 4.69) is 5.32 Å². The van der Waals surface area contributed by atoms with Crippen LogP contribution in [0.2, 0.25) is 0 Å². The molecule has 2 amide bonds. The molecule has 1 aliphatic heterocycles. The first-order chi connectivity index (χ1) is 14.2. The van der Waals surface area contributed by atoms with E-state index in [1.165, 1.54) is 37.3 Å². The Hall–Kier alpha value is -3.75. The van der Waals surface area contributed by atoms with Crippen molar-refractivity contribution in [1.82, 2.24) is 5.32 Å². The lowest BCUT2D eigenvalue weighted by molar-refractivity contribution is -0.255. The summed E-state index contributed by atoms with van der Waals surface area (Å²) < 4.78 is 32.2. The smallest absolute Gasteiger partial charge is 0.338 e. The van der Waals surface area contributed by atoms with Crippen LogP contribution < -0.4 is 15.3 Å². The van der Waals surface area contributed by atoms with Gasteiger partial charge in [0.1, 0.15) is 0 Å². The molecular weight excluding hydrogens is 398 g/mol. The van der Waals surface area contributed by atoms with Crippen molar-refractivity contribution >= 4 is 23.7 Å². The lowest BCUT2D eigenvalue weighted by Gasteiger charge is -2.35. The van der Waals surface area contributed by atoms with Gasteiger partial charge in [-0.05, 0) is 49.2 Å². The number of halogens is 2. The second-order valence-corrected chi connectivity index (χ2v) is 6.45. The number of allylic oxidation sites excluding steroid dienone is 1. The van der Waals surface area contributed by atoms with E-state index < -0.39 is 35.6 Å². The maximum atomic E-state index is 13.8. The van der Waals surface area contributed by atoms with Crippen LogP contribution in [-0.4, -0.2) is 24.6 Å². The van der Waals surface area contributed by atoms with E-state index in [0.29, 0.717) is 0 Å². The van der Waals surface area contributed by atoms with Crippen molar-refractivity contribution in [1.29, 1.82) is 0 Å². The van der Waals surface area contributed by atoms with Gasteiger partial charge in [0.15, 0.2) is 11.6 Å². The second kappa shape index (κ2) is 8.32. The number of carbonyl (C=O) groups excluding carboxylic acids is 3. The highest BCUT2D eigenvalue weighted by atomic mass is 19.2. The molecule has 0 saturated heterocycles. The Kier molecular flexibility index (Phi) is 5.81. The molecule has 2 aromatic rings. The zero-order valence-corrected chi connectivity index (χ0v) is 16.1. The molecule has 0 aliphatic carbocycles. The number of amides is 2. The molecule has 2 aromatic carbocycles. The minimum absolute atomic E-state index is 0.00121. The molecule has 1 N–H and O–H groups in total. The molecule has 3 rings (SSSR count). The van der Waals surface area contributed by atoms with Gasteiger partial charge in [0.2, 0.25) is 0 Å². The number of carbonyl (C=O) groups is 3. The summed E-state index contributed by atoms with van der Waals surface area (Å²) in [6, 6.07) is 6.68. The van der Waals surface area contributed by atoms with Crippen molar-refractivity contribution in [3.8, 4) is 0 Å². The quantitative estimate of drug-likeness (QED) is 0.757. The van der Waals surface area contributed by atoms with Crippen LogP contribution in [0.3, 0.4) is 0 Å². The molecule has 7 nitrogen and oxygen atoms in total. The minimum atomic E-state index is -1.43. The third-order valence-electron chi connectivity index (χ3n) is 4.60. The highest BCUT2D eigenvalue weighted by Gasteiger charge is 2.37. The number of carboxylic acid groups (broad SMARTS) is 1. The van der Waals surface area contributed by atoms with E-state index in [1.54, 1.807) is 6.92 Å². The highest BCUT2D eigenvalue weighted by molar-refractivity contribution is 6.03. The van der Waals surface area contributed by atoms with E-state index in [-0.39, 0.29) is 34.7 Å². The molecule has 0 bridgehead atoms. The molecule has 0 saturated carbocycles. The third kappa shape index (κ3) is 3.86. The van der Waals surface area contributed by atoms with Crippen LogP contribution in [0.4, 0.5) is 19.3 Å². The Morgan fingerprint density at radius 2 is 1.90 bits per heavy atom. The third-order valence-corrected chi connectivity index (χ3v) is 4.60. The van der Waals surface area contributed by atoms with Crippen molar-refractivity contribution in [3.05, 3.63) is 76.5 Å². The maximum absolute atomic E-state index is 13.8. The van der Waals surface area contributed by atoms with Gasteiger partial charge in [0.25, 0.3) is 0 Å². The summed E-state index contributed by atoms with van der Waals surface area (Å²) in [6.45, 7) is 3.13. The normalized spacial score (nSPS) is 16.3. The maximum Gasteiger partial charge on any atom is 0.338 e. The number of esters is 1. The Morgan fingerprint density at radius 1 is 1.17 bits per heavy atom. The summed E-state index contributed by atoms with van der Waals surface area (Å²) in [5.41, 5.74) is 0.322. The molecule has 30 heavy (non-hydrogen) atoms. The van der Waals surface area contributed by atoms with Gasteiger partial charge in [-0.3, -0.25) is 4.90 Å². The number of benzene rings is 2. The van der Waals surface area contributed by atoms with Crippen LogP contribution in [0.25, 0.3) is 0 Å². The second-order valence-electron chi connectivity index (χ2n) is 6.45. The predicted octanol–water partition coefficient (Wildman–Crippen LogP) is 2.44. The van der Waals surface area contributed by atoms with Crippen LogP contribution >= 0.6 is 0 Å². The summed E-state index contributed by atoms with van der Waals surface area (Å²) in [6.07, 6.45) is 0. The fourth-order valence-electron chi connectivity index (χ4n) is 3.24. The van der Waals surface area contributed by atoms with Crippen molar-refractivity contribution in [2.45, 2.75) is 19.9 Å². The number of nitrogens with one attached hydrogen (secondary N) is 1. The average molecular weight is 415 g/mol. The summed E-state index contributed by atoms with van der Waals surface area (Å²) in [4.78, 5) is 37.8. The van der Waals surface area contributed by atoms with E-state index in [0.717, 1.165) is 17.0 Å². The molecule has 9 heteroatoms. The number of rotatable bonds is 5. The van der Waals surface area contributed by atoms with Crippen molar-refractivity contribution in [2.24, 2.45) is 0 Å². The molecular formula is C21H17F2N2O5-. The number of ether oxygens (including phenoxy) is 1. The van der Waals surface area contributed by atoms with Crippen molar-refractivity contribution in [3.63, 3.8) is 0 Å². The van der Waals surface area contributed by atoms with Gasteiger partial charge >= 0.3 is 12.0 Å². The van der Waals surface area contributed by atoms with E-state index in [9.17, 15) is 28.3 Å². The first kappa shape index (κ1) is 21.0. The number of aromatic carboxylic acids is 1. The molecule has 0 spiro atoms. The fraction of sp³-hybridized carbons (Fsp3) is 0.190. The zero-order chi connectivity index (χ0) is 22.0. The van der Waals surface area contributed by atoms with E-state index >= 15 is 0 Å². The molecule has 1 atom stereocenters. The number of nitrogens with zero attached hydrogens (tertiary/aromatic N) is 1. The van der Waals surface area contributed by atoms with Crippen LogP contribution in [-0.2, 0) is 9.53 Å². The van der Waals surface area contributed by atoms with E-state index in [1.807, 2.05) is 0 Å². The van der Waals surface area contributed by atoms with Crippen LogP contribution in [0.5, 0.6) is 0 Å². The number of hydrogen-bond acceptors (Lipinski definition) is 5. The van der Waals surface area contributed by atoms with Crippen molar-refractivity contribution in [2.75, 3.05) is 11.5 Å². The first-order valence-corrected chi connectivity index (χ1v) is 8.99. The summed E-state index contributed by atoms with van der Waals surface area (Å²) in [5.74, 6) is -4.39. The van der Waals surface area contributed by atoms with Crippen molar-refractivity contribution < 1.29 is 33.0 Å². The lowest BCUT2D eigenvalue weighted by Crippen LogP contribution is -2.48. The minimum Gasteiger partial charge on any atom is -0.545 e. The molecule has 1 aliphatic rings. The number of urea groups is 1. The van der Waals surface area contributed by atoms with Crippen LogP contribution in [0.15, 0.2) is 53.7 Å². The Bertz CT molecular complexity index is 1070. The molecule has 156 valence electrons.